The molecule has 3 heterocycles. The van der Waals surface area contributed by atoms with Gasteiger partial charge in [0.2, 0.25) is 0 Å². The Hall–Kier alpha value is -3.41. The summed E-state index contributed by atoms with van der Waals surface area (Å²) >= 11 is 0. The molecule has 1 amide bonds. The first kappa shape index (κ1) is 17.0. The molecule has 0 aliphatic heterocycles. The Morgan fingerprint density at radius 3 is 2.85 bits per heavy atom. The highest BCUT2D eigenvalue weighted by molar-refractivity contribution is 5.91. The van der Waals surface area contributed by atoms with E-state index in [2.05, 4.69) is 27.1 Å². The Morgan fingerprint density at radius 2 is 2.07 bits per heavy atom. The van der Waals surface area contributed by atoms with E-state index in [1.807, 2.05) is 42.4 Å². The molecule has 3 aromatic heterocycles. The molecule has 0 unspecified atom stereocenters. The molecular formula is C21H21N5O. The van der Waals surface area contributed by atoms with Crippen LogP contribution in [0.25, 0.3) is 10.9 Å². The molecule has 4 rings (SSSR count). The number of carbonyl (C=O) groups is 1. The van der Waals surface area contributed by atoms with Crippen LogP contribution in [0.5, 0.6) is 0 Å². The van der Waals surface area contributed by atoms with Gasteiger partial charge in [-0.1, -0.05) is 24.3 Å². The number of para-hydroxylation sites is 1. The Balaban J connectivity index is 1.57. The van der Waals surface area contributed by atoms with E-state index >= 15 is 0 Å². The first-order valence-electron chi connectivity index (χ1n) is 8.93. The second kappa shape index (κ2) is 7.45. The molecule has 27 heavy (non-hydrogen) atoms. The maximum atomic E-state index is 13.1. The average Bonchev–Trinajstić information content (AvgIpc) is 3.31. The van der Waals surface area contributed by atoms with Gasteiger partial charge >= 0.3 is 0 Å². The lowest BCUT2D eigenvalue weighted by Gasteiger charge is -2.22. The first-order chi connectivity index (χ1) is 13.2. The van der Waals surface area contributed by atoms with Gasteiger partial charge in [-0.15, -0.1) is 0 Å². The van der Waals surface area contributed by atoms with Crippen LogP contribution in [0, 0.1) is 0 Å². The van der Waals surface area contributed by atoms with Crippen LogP contribution in [0.2, 0.25) is 0 Å². The van der Waals surface area contributed by atoms with Crippen molar-refractivity contribution in [3.05, 3.63) is 84.3 Å². The van der Waals surface area contributed by atoms with Crippen LogP contribution >= 0.6 is 0 Å². The van der Waals surface area contributed by atoms with Crippen molar-refractivity contribution in [2.24, 2.45) is 7.05 Å². The van der Waals surface area contributed by atoms with E-state index in [-0.39, 0.29) is 5.91 Å². The van der Waals surface area contributed by atoms with Gasteiger partial charge in [0.15, 0.2) is 5.82 Å². The zero-order valence-corrected chi connectivity index (χ0v) is 15.2. The standard InChI is InChI=1S/C21H21N5O/c1-25-12-10-23-20(25)21(27)26(15-16-5-4-9-22-13-16)11-8-17-14-24-19-7-3-2-6-18(17)19/h2-7,9-10,12-14,24H,8,11,15H2,1H3. The van der Waals surface area contributed by atoms with Crippen molar-refractivity contribution in [1.29, 1.82) is 0 Å². The Morgan fingerprint density at radius 1 is 1.19 bits per heavy atom. The third kappa shape index (κ3) is 3.60. The number of imidazole rings is 1. The molecule has 6 heteroatoms. The van der Waals surface area contributed by atoms with E-state index in [1.54, 1.807) is 29.4 Å². The maximum absolute atomic E-state index is 13.1. The van der Waals surface area contributed by atoms with Crippen molar-refractivity contribution in [2.45, 2.75) is 13.0 Å². The van der Waals surface area contributed by atoms with Crippen LogP contribution in [0.4, 0.5) is 0 Å². The quantitative estimate of drug-likeness (QED) is 0.575. The van der Waals surface area contributed by atoms with Gasteiger partial charge in [-0.05, 0) is 29.7 Å². The number of nitrogens with one attached hydrogen (secondary N) is 1. The van der Waals surface area contributed by atoms with Gasteiger partial charge in [0.05, 0.1) is 0 Å². The minimum atomic E-state index is -0.0776. The molecule has 0 saturated heterocycles. The fraction of sp³-hybridized carbons (Fsp3) is 0.190. The normalized spacial score (nSPS) is 11.0. The summed E-state index contributed by atoms with van der Waals surface area (Å²) in [6.07, 6.45) is 9.76. The van der Waals surface area contributed by atoms with Gasteiger partial charge in [0, 0.05) is 62.0 Å². The summed E-state index contributed by atoms with van der Waals surface area (Å²) in [5.41, 5.74) is 3.31. The van der Waals surface area contributed by atoms with Crippen LogP contribution in [-0.4, -0.2) is 36.9 Å². The third-order valence-corrected chi connectivity index (χ3v) is 4.72. The number of aromatic nitrogens is 4. The molecule has 0 atom stereocenters. The molecule has 0 aliphatic carbocycles. The largest absolute Gasteiger partial charge is 0.361 e. The molecular weight excluding hydrogens is 338 g/mol. The van der Waals surface area contributed by atoms with Gasteiger partial charge in [0.1, 0.15) is 0 Å². The Bertz CT molecular complexity index is 1050. The first-order valence-corrected chi connectivity index (χ1v) is 8.93. The van der Waals surface area contributed by atoms with Crippen molar-refractivity contribution >= 4 is 16.8 Å². The van der Waals surface area contributed by atoms with Gasteiger partial charge in [-0.3, -0.25) is 9.78 Å². The third-order valence-electron chi connectivity index (χ3n) is 4.72. The molecule has 6 nitrogen and oxygen atoms in total. The molecule has 0 aliphatic rings. The second-order valence-electron chi connectivity index (χ2n) is 6.56. The molecule has 0 spiro atoms. The fourth-order valence-corrected chi connectivity index (χ4v) is 3.27. The van der Waals surface area contributed by atoms with E-state index in [9.17, 15) is 4.79 Å². The van der Waals surface area contributed by atoms with E-state index in [0.29, 0.717) is 18.9 Å². The molecule has 136 valence electrons. The molecule has 0 saturated carbocycles. The van der Waals surface area contributed by atoms with Crippen LogP contribution in [-0.2, 0) is 20.0 Å². The molecule has 1 N–H and O–H groups in total. The lowest BCUT2D eigenvalue weighted by atomic mass is 10.1. The molecule has 4 aromatic rings. The van der Waals surface area contributed by atoms with E-state index in [1.165, 1.54) is 10.9 Å². The lowest BCUT2D eigenvalue weighted by molar-refractivity contribution is 0.0729. The number of aryl methyl sites for hydroxylation is 1. The molecule has 0 fully saturated rings. The van der Waals surface area contributed by atoms with Crippen molar-refractivity contribution in [2.75, 3.05) is 6.54 Å². The van der Waals surface area contributed by atoms with Crippen molar-refractivity contribution in [1.82, 2.24) is 24.4 Å². The summed E-state index contributed by atoms with van der Waals surface area (Å²) in [5.74, 6) is 0.365. The van der Waals surface area contributed by atoms with E-state index in [4.69, 9.17) is 0 Å². The number of fused-ring (bicyclic) bond motifs is 1. The summed E-state index contributed by atoms with van der Waals surface area (Å²) in [4.78, 5) is 26.6. The highest BCUT2D eigenvalue weighted by atomic mass is 16.2. The van der Waals surface area contributed by atoms with Crippen molar-refractivity contribution in [3.63, 3.8) is 0 Å². The van der Waals surface area contributed by atoms with Gasteiger partial charge in [0.25, 0.3) is 5.91 Å². The number of H-pyrrole nitrogens is 1. The number of pyridine rings is 1. The highest BCUT2D eigenvalue weighted by Crippen LogP contribution is 2.19. The summed E-state index contributed by atoms with van der Waals surface area (Å²) in [5, 5.41) is 1.20. The van der Waals surface area contributed by atoms with Crippen molar-refractivity contribution in [3.8, 4) is 0 Å². The predicted octanol–water partition coefficient (Wildman–Crippen LogP) is 3.18. The van der Waals surface area contributed by atoms with Crippen LogP contribution in [0.1, 0.15) is 21.7 Å². The summed E-state index contributed by atoms with van der Waals surface area (Å²) < 4.78 is 1.75. The Kier molecular flexibility index (Phi) is 4.70. The number of aromatic amines is 1. The second-order valence-corrected chi connectivity index (χ2v) is 6.56. The summed E-state index contributed by atoms with van der Waals surface area (Å²) in [7, 11) is 1.84. The fourth-order valence-electron chi connectivity index (χ4n) is 3.27. The molecule has 0 radical (unpaired) electrons. The predicted molar refractivity (Wildman–Crippen MR) is 104 cm³/mol. The van der Waals surface area contributed by atoms with E-state index in [0.717, 1.165) is 17.5 Å². The van der Waals surface area contributed by atoms with Crippen LogP contribution in [0.15, 0.2) is 67.4 Å². The van der Waals surface area contributed by atoms with Crippen molar-refractivity contribution < 1.29 is 4.79 Å². The number of nitrogens with zero attached hydrogens (tertiary/aromatic N) is 4. The lowest BCUT2D eigenvalue weighted by Crippen LogP contribution is -2.34. The number of hydrogen-bond donors (Lipinski definition) is 1. The van der Waals surface area contributed by atoms with Crippen LogP contribution < -0.4 is 0 Å². The zero-order valence-electron chi connectivity index (χ0n) is 15.2. The number of rotatable bonds is 6. The number of carbonyl (C=O) groups excluding carboxylic acids is 1. The SMILES string of the molecule is Cn1ccnc1C(=O)N(CCc1c[nH]c2ccccc12)Cc1cccnc1. The number of hydrogen-bond acceptors (Lipinski definition) is 3. The maximum Gasteiger partial charge on any atom is 0.290 e. The monoisotopic (exact) mass is 359 g/mol. The summed E-state index contributed by atoms with van der Waals surface area (Å²) in [6, 6.07) is 12.1. The van der Waals surface area contributed by atoms with E-state index < -0.39 is 0 Å². The average molecular weight is 359 g/mol. The van der Waals surface area contributed by atoms with Crippen LogP contribution in [0.3, 0.4) is 0 Å². The summed E-state index contributed by atoms with van der Waals surface area (Å²) in [6.45, 7) is 1.10. The number of benzene rings is 1. The topological polar surface area (TPSA) is 66.8 Å². The number of amides is 1. The highest BCUT2D eigenvalue weighted by Gasteiger charge is 2.20. The molecule has 1 aromatic carbocycles. The zero-order chi connectivity index (χ0) is 18.6. The smallest absolute Gasteiger partial charge is 0.290 e. The molecule has 0 bridgehead atoms. The van der Waals surface area contributed by atoms with Gasteiger partial charge < -0.3 is 14.5 Å². The minimum absolute atomic E-state index is 0.0776. The Labute approximate surface area is 157 Å². The minimum Gasteiger partial charge on any atom is -0.361 e. The van der Waals surface area contributed by atoms with Gasteiger partial charge in [-0.2, -0.15) is 0 Å². The van der Waals surface area contributed by atoms with Gasteiger partial charge in [-0.25, -0.2) is 4.98 Å².